The number of anilines is 3. The Hall–Kier alpha value is -2.12. The second-order valence-corrected chi connectivity index (χ2v) is 6.43. The van der Waals surface area contributed by atoms with Gasteiger partial charge in [-0.05, 0) is 55.9 Å². The van der Waals surface area contributed by atoms with Gasteiger partial charge < -0.3 is 11.1 Å². The van der Waals surface area contributed by atoms with E-state index >= 15 is 0 Å². The molecule has 0 aliphatic heterocycles. The lowest BCUT2D eigenvalue weighted by molar-refractivity contribution is 0.588. The largest absolute Gasteiger partial charge is 0.397 e. The highest BCUT2D eigenvalue weighted by molar-refractivity contribution is 7.89. The van der Waals surface area contributed by atoms with E-state index in [2.05, 4.69) is 10.0 Å². The monoisotopic (exact) mass is 309 g/mol. The van der Waals surface area contributed by atoms with Crippen molar-refractivity contribution >= 4 is 27.1 Å². The van der Waals surface area contributed by atoms with E-state index in [1.54, 1.807) is 19.1 Å². The number of benzene rings is 2. The highest BCUT2D eigenvalue weighted by atomic mass is 32.2. The van der Waals surface area contributed by atoms with Crippen LogP contribution in [0.4, 0.5) is 21.5 Å². The average Bonchev–Trinajstić information content (AvgIpc) is 2.43. The van der Waals surface area contributed by atoms with E-state index in [4.69, 9.17) is 5.73 Å². The van der Waals surface area contributed by atoms with Crippen molar-refractivity contribution in [2.75, 3.05) is 18.1 Å². The molecule has 4 N–H and O–H groups in total. The fourth-order valence-electron chi connectivity index (χ4n) is 1.85. The molecule has 7 heteroatoms. The Balaban J connectivity index is 2.34. The number of rotatable bonds is 4. The number of hydrogen-bond acceptors (Lipinski definition) is 4. The molecule has 0 aliphatic carbocycles. The molecule has 2 rings (SSSR count). The Kier molecular flexibility index (Phi) is 4.15. The number of nitrogens with one attached hydrogen (secondary N) is 2. The Labute approximate surface area is 123 Å². The molecule has 0 saturated carbocycles. The molecule has 2 aromatic carbocycles. The second kappa shape index (κ2) is 5.71. The maximum Gasteiger partial charge on any atom is 0.240 e. The van der Waals surface area contributed by atoms with Gasteiger partial charge in [0.15, 0.2) is 0 Å². The fourth-order valence-corrected chi connectivity index (χ4v) is 2.62. The zero-order chi connectivity index (χ0) is 15.6. The lowest BCUT2D eigenvalue weighted by Crippen LogP contribution is -2.18. The smallest absolute Gasteiger partial charge is 0.240 e. The maximum absolute atomic E-state index is 13.1. The summed E-state index contributed by atoms with van der Waals surface area (Å²) in [4.78, 5) is 0.0869. The van der Waals surface area contributed by atoms with Crippen LogP contribution in [0, 0.1) is 12.7 Å². The zero-order valence-corrected chi connectivity index (χ0v) is 12.5. The van der Waals surface area contributed by atoms with Crippen LogP contribution in [0.15, 0.2) is 41.3 Å². The van der Waals surface area contributed by atoms with Crippen molar-refractivity contribution in [3.05, 3.63) is 47.8 Å². The third kappa shape index (κ3) is 3.32. The minimum absolute atomic E-state index is 0.0869. The molecule has 0 heterocycles. The molecule has 112 valence electrons. The van der Waals surface area contributed by atoms with Crippen LogP contribution in [0.3, 0.4) is 0 Å². The topological polar surface area (TPSA) is 84.2 Å². The molecule has 0 bridgehead atoms. The van der Waals surface area contributed by atoms with E-state index in [9.17, 15) is 12.8 Å². The van der Waals surface area contributed by atoms with E-state index in [1.165, 1.54) is 31.3 Å². The number of nitrogen functional groups attached to an aromatic ring is 1. The first-order valence-corrected chi connectivity index (χ1v) is 7.68. The lowest BCUT2D eigenvalue weighted by atomic mass is 10.2. The molecule has 0 unspecified atom stereocenters. The normalized spacial score (nSPS) is 11.4. The molecular formula is C14H16FN3O2S. The molecule has 0 amide bonds. The van der Waals surface area contributed by atoms with Gasteiger partial charge in [-0.15, -0.1) is 0 Å². The number of hydrogen-bond donors (Lipinski definition) is 3. The van der Waals surface area contributed by atoms with E-state index in [-0.39, 0.29) is 16.4 Å². The molecule has 0 atom stereocenters. The van der Waals surface area contributed by atoms with E-state index < -0.39 is 10.0 Å². The van der Waals surface area contributed by atoms with Gasteiger partial charge in [0.05, 0.1) is 16.3 Å². The Morgan fingerprint density at radius 3 is 2.33 bits per heavy atom. The van der Waals surface area contributed by atoms with Gasteiger partial charge in [0.2, 0.25) is 10.0 Å². The first-order chi connectivity index (χ1) is 9.83. The summed E-state index contributed by atoms with van der Waals surface area (Å²) in [6.45, 7) is 1.77. The average molecular weight is 309 g/mol. The number of nitrogens with two attached hydrogens (primary N) is 1. The second-order valence-electron chi connectivity index (χ2n) is 4.54. The standard InChI is InChI=1S/C14H16FN3O2S/c1-9-7-10(15)3-5-13(9)18-14-6-4-11(8-12(14)16)21(19,20)17-2/h3-8,17-18H,16H2,1-2H3. The molecule has 21 heavy (non-hydrogen) atoms. The fraction of sp³-hybridized carbons (Fsp3) is 0.143. The van der Waals surface area contributed by atoms with E-state index in [0.29, 0.717) is 11.4 Å². The summed E-state index contributed by atoms with van der Waals surface area (Å²) < 4.78 is 38.7. The highest BCUT2D eigenvalue weighted by Gasteiger charge is 2.13. The SMILES string of the molecule is CNS(=O)(=O)c1ccc(Nc2ccc(F)cc2C)c(N)c1. The van der Waals surface area contributed by atoms with Crippen LogP contribution in [0.25, 0.3) is 0 Å². The summed E-state index contributed by atoms with van der Waals surface area (Å²) in [5, 5.41) is 3.06. The number of sulfonamides is 1. The van der Waals surface area contributed by atoms with Crippen molar-refractivity contribution in [3.63, 3.8) is 0 Å². The molecule has 0 aliphatic rings. The molecule has 5 nitrogen and oxygen atoms in total. The molecule has 0 fully saturated rings. The van der Waals surface area contributed by atoms with Gasteiger partial charge >= 0.3 is 0 Å². The third-order valence-electron chi connectivity index (χ3n) is 3.06. The summed E-state index contributed by atoms with van der Waals surface area (Å²) >= 11 is 0. The van der Waals surface area contributed by atoms with Crippen molar-refractivity contribution in [2.45, 2.75) is 11.8 Å². The first kappa shape index (κ1) is 15.3. The number of aryl methyl sites for hydroxylation is 1. The van der Waals surface area contributed by atoms with Crippen molar-refractivity contribution < 1.29 is 12.8 Å². The van der Waals surface area contributed by atoms with Crippen molar-refractivity contribution in [1.82, 2.24) is 4.72 Å². The van der Waals surface area contributed by atoms with Crippen molar-refractivity contribution in [1.29, 1.82) is 0 Å². The summed E-state index contributed by atoms with van der Waals surface area (Å²) in [5.41, 5.74) is 8.14. The predicted octanol–water partition coefficient (Wildman–Crippen LogP) is 2.37. The Bertz CT molecular complexity index is 776. The van der Waals surface area contributed by atoms with Gasteiger partial charge in [0.1, 0.15) is 5.82 Å². The zero-order valence-electron chi connectivity index (χ0n) is 11.6. The summed E-state index contributed by atoms with van der Waals surface area (Å²) in [5.74, 6) is -0.318. The van der Waals surface area contributed by atoms with Gasteiger partial charge in [-0.3, -0.25) is 0 Å². The Morgan fingerprint density at radius 1 is 1.10 bits per heavy atom. The van der Waals surface area contributed by atoms with Crippen LogP contribution in [0.2, 0.25) is 0 Å². The van der Waals surface area contributed by atoms with Crippen LogP contribution in [-0.2, 0) is 10.0 Å². The molecule has 0 radical (unpaired) electrons. The van der Waals surface area contributed by atoms with Gasteiger partial charge in [-0.1, -0.05) is 0 Å². The maximum atomic E-state index is 13.1. The molecule has 2 aromatic rings. The molecule has 0 aromatic heterocycles. The van der Waals surface area contributed by atoms with Gasteiger partial charge in [-0.2, -0.15) is 0 Å². The molecule has 0 spiro atoms. The summed E-state index contributed by atoms with van der Waals surface area (Å²) in [6.07, 6.45) is 0. The third-order valence-corrected chi connectivity index (χ3v) is 4.47. The first-order valence-electron chi connectivity index (χ1n) is 6.20. The Morgan fingerprint density at radius 2 is 1.76 bits per heavy atom. The lowest BCUT2D eigenvalue weighted by Gasteiger charge is -2.13. The van der Waals surface area contributed by atoms with Gasteiger partial charge in [0, 0.05) is 5.69 Å². The molecule has 0 saturated heterocycles. The molecular weight excluding hydrogens is 293 g/mol. The summed E-state index contributed by atoms with van der Waals surface area (Å²) in [7, 11) is -2.20. The van der Waals surface area contributed by atoms with Crippen molar-refractivity contribution in [2.24, 2.45) is 0 Å². The van der Waals surface area contributed by atoms with Crippen LogP contribution in [-0.4, -0.2) is 15.5 Å². The quantitative estimate of drug-likeness (QED) is 0.757. The predicted molar refractivity (Wildman–Crippen MR) is 81.5 cm³/mol. The van der Waals surface area contributed by atoms with Gasteiger partial charge in [-0.25, -0.2) is 17.5 Å². The van der Waals surface area contributed by atoms with Crippen LogP contribution < -0.4 is 15.8 Å². The van der Waals surface area contributed by atoms with E-state index in [1.807, 2.05) is 0 Å². The highest BCUT2D eigenvalue weighted by Crippen LogP contribution is 2.27. The van der Waals surface area contributed by atoms with Crippen LogP contribution >= 0.6 is 0 Å². The summed E-state index contributed by atoms with van der Waals surface area (Å²) in [6, 6.07) is 8.73. The van der Waals surface area contributed by atoms with E-state index in [0.717, 1.165) is 5.56 Å². The van der Waals surface area contributed by atoms with Crippen LogP contribution in [0.5, 0.6) is 0 Å². The van der Waals surface area contributed by atoms with Gasteiger partial charge in [0.25, 0.3) is 0 Å². The minimum Gasteiger partial charge on any atom is -0.397 e. The minimum atomic E-state index is -3.53. The number of halogens is 1. The van der Waals surface area contributed by atoms with Crippen LogP contribution in [0.1, 0.15) is 5.56 Å². The van der Waals surface area contributed by atoms with Crippen molar-refractivity contribution in [3.8, 4) is 0 Å².